The van der Waals surface area contributed by atoms with Gasteiger partial charge in [-0.25, -0.2) is 0 Å². The third kappa shape index (κ3) is 2.17. The fraction of sp³-hybridized carbons (Fsp3) is 0.429. The average molecular weight is 243 g/mol. The van der Waals surface area contributed by atoms with E-state index in [0.717, 1.165) is 23.4 Å². The van der Waals surface area contributed by atoms with Crippen molar-refractivity contribution in [3.63, 3.8) is 0 Å². The zero-order valence-corrected chi connectivity index (χ0v) is 10.7. The van der Waals surface area contributed by atoms with E-state index in [4.69, 9.17) is 5.26 Å². The first-order chi connectivity index (χ1) is 8.69. The summed E-state index contributed by atoms with van der Waals surface area (Å²) in [6.07, 6.45) is 1.21. The van der Waals surface area contributed by atoms with Gasteiger partial charge in [-0.3, -0.25) is 4.79 Å². The molecule has 0 aromatic heterocycles. The van der Waals surface area contributed by atoms with Crippen LogP contribution in [0.5, 0.6) is 0 Å². The highest BCUT2D eigenvalue weighted by molar-refractivity contribution is 6.01. The second-order valence-corrected chi connectivity index (χ2v) is 4.51. The number of nitrogens with zero attached hydrogens (tertiary/aromatic N) is 2. The first kappa shape index (κ1) is 12.4. The van der Waals surface area contributed by atoms with Gasteiger partial charge in [0.2, 0.25) is 5.91 Å². The Morgan fingerprint density at radius 3 is 2.94 bits per heavy atom. The maximum absolute atomic E-state index is 12.0. The lowest BCUT2D eigenvalue weighted by atomic mass is 10.1. The molecule has 4 heteroatoms. The zero-order valence-electron chi connectivity index (χ0n) is 10.7. The molecule has 1 atom stereocenters. The molecule has 0 saturated carbocycles. The van der Waals surface area contributed by atoms with E-state index in [1.807, 2.05) is 32.2 Å². The highest BCUT2D eigenvalue weighted by atomic mass is 16.2. The summed E-state index contributed by atoms with van der Waals surface area (Å²) in [7, 11) is 1.86. The van der Waals surface area contributed by atoms with Crippen molar-refractivity contribution < 1.29 is 4.79 Å². The number of fused-ring (bicyclic) bond motifs is 1. The molecule has 94 valence electrons. The van der Waals surface area contributed by atoms with Crippen LogP contribution in [0.25, 0.3) is 0 Å². The van der Waals surface area contributed by atoms with Crippen LogP contribution >= 0.6 is 0 Å². The van der Waals surface area contributed by atoms with E-state index in [2.05, 4.69) is 11.4 Å². The molecule has 4 nitrogen and oxygen atoms in total. The molecule has 1 aliphatic heterocycles. The van der Waals surface area contributed by atoms with Gasteiger partial charge in [-0.1, -0.05) is 6.92 Å². The van der Waals surface area contributed by atoms with Crippen LogP contribution in [0.3, 0.4) is 0 Å². The average Bonchev–Trinajstić information content (AvgIpc) is 2.70. The van der Waals surface area contributed by atoms with Crippen LogP contribution in [0.1, 0.15) is 18.9 Å². The molecule has 0 bridgehead atoms. The molecular formula is C14H17N3O. The number of carbonyl (C=O) groups excluding carboxylic acids is 1. The van der Waals surface area contributed by atoms with E-state index < -0.39 is 0 Å². The van der Waals surface area contributed by atoms with Gasteiger partial charge in [-0.05, 0) is 30.2 Å². The molecule has 18 heavy (non-hydrogen) atoms. The number of anilines is 2. The molecule has 1 heterocycles. The van der Waals surface area contributed by atoms with Crippen LogP contribution in [0.15, 0.2) is 18.2 Å². The summed E-state index contributed by atoms with van der Waals surface area (Å²) in [6, 6.07) is 8.16. The third-order valence-corrected chi connectivity index (χ3v) is 3.38. The van der Waals surface area contributed by atoms with Crippen molar-refractivity contribution >= 4 is 17.3 Å². The van der Waals surface area contributed by atoms with E-state index in [1.54, 1.807) is 4.90 Å². The van der Waals surface area contributed by atoms with Crippen molar-refractivity contribution in [3.8, 4) is 6.07 Å². The number of benzene rings is 1. The summed E-state index contributed by atoms with van der Waals surface area (Å²) in [5.41, 5.74) is 3.00. The van der Waals surface area contributed by atoms with Crippen LogP contribution in [0, 0.1) is 17.2 Å². The Kier molecular flexibility index (Phi) is 3.52. The Labute approximate surface area is 107 Å². The summed E-state index contributed by atoms with van der Waals surface area (Å²) in [5, 5.41) is 12.1. The standard InChI is InChI=1S/C14H17N3O/c1-3-10(8-15)9-17-13-5-4-12(16-2)6-11(13)7-14(17)18/h4-6,10,16H,3,7,9H2,1-2H3. The molecule has 0 radical (unpaired) electrons. The Morgan fingerprint density at radius 1 is 1.56 bits per heavy atom. The summed E-state index contributed by atoms with van der Waals surface area (Å²) >= 11 is 0. The number of amides is 1. The predicted molar refractivity (Wildman–Crippen MR) is 71.4 cm³/mol. The van der Waals surface area contributed by atoms with E-state index >= 15 is 0 Å². The fourth-order valence-electron chi connectivity index (χ4n) is 2.22. The Balaban J connectivity index is 2.26. The fourth-order valence-corrected chi connectivity index (χ4v) is 2.22. The maximum Gasteiger partial charge on any atom is 0.231 e. The SMILES string of the molecule is CCC(C#N)CN1C(=O)Cc2cc(NC)ccc21. The zero-order chi connectivity index (χ0) is 13.1. The first-order valence-electron chi connectivity index (χ1n) is 6.20. The van der Waals surface area contributed by atoms with Crippen molar-refractivity contribution in [3.05, 3.63) is 23.8 Å². The van der Waals surface area contributed by atoms with E-state index in [9.17, 15) is 4.79 Å². The Hall–Kier alpha value is -2.02. The molecule has 2 rings (SSSR count). The number of carbonyl (C=O) groups is 1. The van der Waals surface area contributed by atoms with E-state index in [0.29, 0.717) is 13.0 Å². The van der Waals surface area contributed by atoms with Crippen molar-refractivity contribution in [2.75, 3.05) is 23.8 Å². The third-order valence-electron chi connectivity index (χ3n) is 3.38. The number of hydrogen-bond acceptors (Lipinski definition) is 3. The smallest absolute Gasteiger partial charge is 0.231 e. The lowest BCUT2D eigenvalue weighted by molar-refractivity contribution is -0.117. The van der Waals surface area contributed by atoms with Crippen LogP contribution in [0.2, 0.25) is 0 Å². The number of nitriles is 1. The number of hydrogen-bond donors (Lipinski definition) is 1. The molecule has 0 spiro atoms. The highest BCUT2D eigenvalue weighted by Gasteiger charge is 2.28. The van der Waals surface area contributed by atoms with Crippen LogP contribution in [-0.2, 0) is 11.2 Å². The highest BCUT2D eigenvalue weighted by Crippen LogP contribution is 2.31. The van der Waals surface area contributed by atoms with Crippen molar-refractivity contribution in [1.29, 1.82) is 5.26 Å². The number of rotatable bonds is 4. The van der Waals surface area contributed by atoms with E-state index in [-0.39, 0.29) is 11.8 Å². The lowest BCUT2D eigenvalue weighted by Gasteiger charge is -2.20. The van der Waals surface area contributed by atoms with Gasteiger partial charge in [0.15, 0.2) is 0 Å². The van der Waals surface area contributed by atoms with Crippen LogP contribution in [-0.4, -0.2) is 19.5 Å². The second kappa shape index (κ2) is 5.09. The van der Waals surface area contributed by atoms with Crippen molar-refractivity contribution in [1.82, 2.24) is 0 Å². The molecule has 1 aromatic rings. The summed E-state index contributed by atoms with van der Waals surface area (Å²) in [5.74, 6) is -0.00386. The summed E-state index contributed by atoms with van der Waals surface area (Å²) < 4.78 is 0. The minimum Gasteiger partial charge on any atom is -0.388 e. The molecule has 1 aliphatic rings. The Bertz CT molecular complexity index is 504. The molecule has 1 aromatic carbocycles. The molecule has 1 N–H and O–H groups in total. The topological polar surface area (TPSA) is 56.1 Å². The Morgan fingerprint density at radius 2 is 2.33 bits per heavy atom. The van der Waals surface area contributed by atoms with Gasteiger partial charge in [0.1, 0.15) is 0 Å². The summed E-state index contributed by atoms with van der Waals surface area (Å²) in [4.78, 5) is 13.7. The van der Waals surface area contributed by atoms with Gasteiger partial charge >= 0.3 is 0 Å². The predicted octanol–water partition coefficient (Wildman–Crippen LogP) is 2.17. The first-order valence-corrected chi connectivity index (χ1v) is 6.20. The van der Waals surface area contributed by atoms with Gasteiger partial charge in [0.25, 0.3) is 0 Å². The molecule has 1 amide bonds. The minimum absolute atomic E-state index is 0.0898. The van der Waals surface area contributed by atoms with Crippen LogP contribution < -0.4 is 10.2 Å². The van der Waals surface area contributed by atoms with Gasteiger partial charge < -0.3 is 10.2 Å². The van der Waals surface area contributed by atoms with E-state index in [1.165, 1.54) is 0 Å². The van der Waals surface area contributed by atoms with Crippen LogP contribution in [0.4, 0.5) is 11.4 Å². The van der Waals surface area contributed by atoms with Crippen molar-refractivity contribution in [2.45, 2.75) is 19.8 Å². The number of nitrogens with one attached hydrogen (secondary N) is 1. The van der Waals surface area contributed by atoms with Crippen molar-refractivity contribution in [2.24, 2.45) is 5.92 Å². The normalized spacial score (nSPS) is 15.2. The summed E-state index contributed by atoms with van der Waals surface area (Å²) in [6.45, 7) is 2.47. The van der Waals surface area contributed by atoms with Gasteiger partial charge in [-0.2, -0.15) is 5.26 Å². The van der Waals surface area contributed by atoms with Gasteiger partial charge in [0, 0.05) is 25.0 Å². The molecule has 1 unspecified atom stereocenters. The molecule has 0 aliphatic carbocycles. The molecular weight excluding hydrogens is 226 g/mol. The largest absolute Gasteiger partial charge is 0.388 e. The van der Waals surface area contributed by atoms with Gasteiger partial charge in [0.05, 0.1) is 18.4 Å². The molecule has 0 saturated heterocycles. The molecule has 0 fully saturated rings. The maximum atomic E-state index is 12.0. The minimum atomic E-state index is -0.0936. The monoisotopic (exact) mass is 243 g/mol. The van der Waals surface area contributed by atoms with Gasteiger partial charge in [-0.15, -0.1) is 0 Å². The second-order valence-electron chi connectivity index (χ2n) is 4.51. The quantitative estimate of drug-likeness (QED) is 0.881. The lowest BCUT2D eigenvalue weighted by Crippen LogP contribution is -2.31.